The number of methoxy groups -OCH3 is 1. The van der Waals surface area contributed by atoms with Gasteiger partial charge in [-0.25, -0.2) is 9.97 Å². The van der Waals surface area contributed by atoms with Crippen LogP contribution in [0.3, 0.4) is 0 Å². The second-order valence-corrected chi connectivity index (χ2v) is 9.13. The maximum Gasteiger partial charge on any atom is 0.320 e. The Balaban J connectivity index is 1.67. The van der Waals surface area contributed by atoms with Crippen LogP contribution in [0.25, 0.3) is 10.2 Å². The molecule has 1 atom stereocenters. The SMILES string of the molecule is COC(=O)[C@H]1CN(C(=O)CSc2ncnc3sc(C)c(C)c23)CCS1. The molecule has 3 rings (SSSR count). The van der Waals surface area contributed by atoms with Gasteiger partial charge in [0.2, 0.25) is 5.91 Å². The van der Waals surface area contributed by atoms with E-state index in [0.29, 0.717) is 18.8 Å². The highest BCUT2D eigenvalue weighted by Crippen LogP contribution is 2.34. The number of aryl methyl sites for hydroxylation is 2. The van der Waals surface area contributed by atoms with Gasteiger partial charge in [-0.1, -0.05) is 11.8 Å². The van der Waals surface area contributed by atoms with Crippen molar-refractivity contribution in [3.8, 4) is 0 Å². The normalized spacial score (nSPS) is 17.7. The summed E-state index contributed by atoms with van der Waals surface area (Å²) >= 11 is 4.63. The molecule has 1 amide bonds. The Kier molecular flexibility index (Phi) is 5.85. The van der Waals surface area contributed by atoms with E-state index in [9.17, 15) is 9.59 Å². The van der Waals surface area contributed by atoms with Gasteiger partial charge in [-0.2, -0.15) is 0 Å². The van der Waals surface area contributed by atoms with Crippen molar-refractivity contribution in [2.75, 3.05) is 31.7 Å². The standard InChI is InChI=1S/C16H19N3O3S3/c1-9-10(2)25-15-13(9)14(17-8-18-15)24-7-12(20)19-4-5-23-11(6-19)16(21)22-3/h8,11H,4-7H2,1-3H3/t11-/m1/s1. The van der Waals surface area contributed by atoms with Crippen LogP contribution in [0.15, 0.2) is 11.4 Å². The molecule has 0 aromatic carbocycles. The van der Waals surface area contributed by atoms with Gasteiger partial charge >= 0.3 is 5.97 Å². The molecule has 0 bridgehead atoms. The van der Waals surface area contributed by atoms with Crippen LogP contribution in [0.1, 0.15) is 10.4 Å². The molecular weight excluding hydrogens is 378 g/mol. The second kappa shape index (κ2) is 7.92. The molecule has 9 heteroatoms. The van der Waals surface area contributed by atoms with Crippen LogP contribution in [-0.4, -0.2) is 63.7 Å². The van der Waals surface area contributed by atoms with Gasteiger partial charge < -0.3 is 9.64 Å². The van der Waals surface area contributed by atoms with Crippen LogP contribution >= 0.6 is 34.9 Å². The van der Waals surface area contributed by atoms with Crippen LogP contribution in [0, 0.1) is 13.8 Å². The van der Waals surface area contributed by atoms with Crippen LogP contribution in [0.4, 0.5) is 0 Å². The Morgan fingerprint density at radius 3 is 2.96 bits per heavy atom. The predicted octanol–water partition coefficient (Wildman–Crippen LogP) is 2.52. The number of ether oxygens (including phenoxy) is 1. The first-order chi connectivity index (χ1) is 12.0. The summed E-state index contributed by atoms with van der Waals surface area (Å²) in [5.74, 6) is 0.808. The molecule has 0 N–H and O–H groups in total. The van der Waals surface area contributed by atoms with Gasteiger partial charge in [0.15, 0.2) is 0 Å². The molecule has 6 nitrogen and oxygen atoms in total. The van der Waals surface area contributed by atoms with Gasteiger partial charge in [0.25, 0.3) is 0 Å². The molecule has 1 aliphatic rings. The highest BCUT2D eigenvalue weighted by atomic mass is 32.2. The van der Waals surface area contributed by atoms with Gasteiger partial charge in [-0.05, 0) is 19.4 Å². The van der Waals surface area contributed by atoms with E-state index < -0.39 is 0 Å². The van der Waals surface area contributed by atoms with Gasteiger partial charge in [0, 0.05) is 29.1 Å². The van der Waals surface area contributed by atoms with Gasteiger partial charge in [0.05, 0.1) is 12.9 Å². The van der Waals surface area contributed by atoms with E-state index in [-0.39, 0.29) is 17.1 Å². The lowest BCUT2D eigenvalue weighted by atomic mass is 10.2. The van der Waals surface area contributed by atoms with Crippen molar-refractivity contribution in [1.82, 2.24) is 14.9 Å². The van der Waals surface area contributed by atoms with E-state index in [4.69, 9.17) is 4.74 Å². The lowest BCUT2D eigenvalue weighted by Gasteiger charge is -2.30. The summed E-state index contributed by atoms with van der Waals surface area (Å²) < 4.78 is 4.79. The first-order valence-corrected chi connectivity index (χ1v) is 10.7. The molecule has 134 valence electrons. The molecule has 0 radical (unpaired) electrons. The molecule has 0 unspecified atom stereocenters. The van der Waals surface area contributed by atoms with E-state index in [0.717, 1.165) is 21.0 Å². The van der Waals surface area contributed by atoms with Crippen LogP contribution in [-0.2, 0) is 14.3 Å². The maximum atomic E-state index is 12.6. The van der Waals surface area contributed by atoms with Gasteiger partial charge in [0.1, 0.15) is 21.4 Å². The number of rotatable bonds is 4. The minimum Gasteiger partial charge on any atom is -0.468 e. The Labute approximate surface area is 158 Å². The monoisotopic (exact) mass is 397 g/mol. The number of hydrogen-bond donors (Lipinski definition) is 0. The first-order valence-electron chi connectivity index (χ1n) is 7.82. The molecule has 0 spiro atoms. The smallest absolute Gasteiger partial charge is 0.320 e. The van der Waals surface area contributed by atoms with Crippen molar-refractivity contribution in [2.24, 2.45) is 0 Å². The van der Waals surface area contributed by atoms with Crippen molar-refractivity contribution >= 4 is 57.0 Å². The summed E-state index contributed by atoms with van der Waals surface area (Å²) in [5.41, 5.74) is 1.18. The average Bonchev–Trinajstić information content (AvgIpc) is 2.93. The average molecular weight is 398 g/mol. The number of fused-ring (bicyclic) bond motifs is 1. The molecule has 0 aliphatic carbocycles. The molecule has 25 heavy (non-hydrogen) atoms. The third-order valence-electron chi connectivity index (χ3n) is 4.15. The minimum atomic E-state index is -0.291. The zero-order valence-electron chi connectivity index (χ0n) is 14.3. The number of carbonyl (C=O) groups is 2. The maximum absolute atomic E-state index is 12.6. The van der Waals surface area contributed by atoms with Crippen molar-refractivity contribution < 1.29 is 14.3 Å². The van der Waals surface area contributed by atoms with E-state index in [1.54, 1.807) is 34.3 Å². The Morgan fingerprint density at radius 1 is 1.40 bits per heavy atom. The van der Waals surface area contributed by atoms with Crippen LogP contribution < -0.4 is 0 Å². The number of hydrogen-bond acceptors (Lipinski definition) is 8. The number of aromatic nitrogens is 2. The highest BCUT2D eigenvalue weighted by molar-refractivity contribution is 8.00. The van der Waals surface area contributed by atoms with E-state index >= 15 is 0 Å². The zero-order chi connectivity index (χ0) is 18.0. The largest absolute Gasteiger partial charge is 0.468 e. The Hall–Kier alpha value is -1.32. The predicted molar refractivity (Wildman–Crippen MR) is 102 cm³/mol. The molecule has 1 fully saturated rings. The fourth-order valence-corrected chi connectivity index (χ4v) is 5.78. The summed E-state index contributed by atoms with van der Waals surface area (Å²) in [5, 5.41) is 1.60. The van der Waals surface area contributed by atoms with E-state index in [2.05, 4.69) is 23.8 Å². The van der Waals surface area contributed by atoms with E-state index in [1.165, 1.54) is 29.3 Å². The summed E-state index contributed by atoms with van der Waals surface area (Å²) in [6, 6.07) is 0. The fourth-order valence-electron chi connectivity index (χ4n) is 2.63. The number of thiophene rings is 1. The summed E-state index contributed by atoms with van der Waals surface area (Å²) in [4.78, 5) is 36.9. The van der Waals surface area contributed by atoms with Gasteiger partial charge in [-0.3, -0.25) is 9.59 Å². The quantitative estimate of drug-likeness (QED) is 0.446. The molecule has 1 saturated heterocycles. The number of thioether (sulfide) groups is 2. The van der Waals surface area contributed by atoms with Crippen molar-refractivity contribution in [2.45, 2.75) is 24.1 Å². The van der Waals surface area contributed by atoms with Crippen molar-refractivity contribution in [3.63, 3.8) is 0 Å². The van der Waals surface area contributed by atoms with E-state index in [1.807, 2.05) is 0 Å². The summed E-state index contributed by atoms with van der Waals surface area (Å²) in [6.07, 6.45) is 1.55. The van der Waals surface area contributed by atoms with Crippen LogP contribution in [0.2, 0.25) is 0 Å². The zero-order valence-corrected chi connectivity index (χ0v) is 16.7. The second-order valence-electron chi connectivity index (χ2n) is 5.65. The number of nitrogens with zero attached hydrogens (tertiary/aromatic N) is 3. The number of amides is 1. The Morgan fingerprint density at radius 2 is 2.20 bits per heavy atom. The first kappa shape index (κ1) is 18.5. The van der Waals surface area contributed by atoms with Gasteiger partial charge in [-0.15, -0.1) is 23.1 Å². The molecular formula is C16H19N3O3S3. The summed E-state index contributed by atoms with van der Waals surface area (Å²) in [7, 11) is 1.38. The molecule has 3 heterocycles. The molecule has 0 saturated carbocycles. The molecule has 2 aromatic rings. The highest BCUT2D eigenvalue weighted by Gasteiger charge is 2.29. The van der Waals surface area contributed by atoms with Crippen molar-refractivity contribution in [1.29, 1.82) is 0 Å². The fraction of sp³-hybridized carbons (Fsp3) is 0.500. The van der Waals surface area contributed by atoms with Crippen molar-refractivity contribution in [3.05, 3.63) is 16.8 Å². The third-order valence-corrected chi connectivity index (χ3v) is 7.40. The Bertz CT molecular complexity index is 809. The lowest BCUT2D eigenvalue weighted by Crippen LogP contribution is -2.45. The molecule has 2 aromatic heterocycles. The summed E-state index contributed by atoms with van der Waals surface area (Å²) in [6.45, 7) is 5.20. The topological polar surface area (TPSA) is 72.4 Å². The molecule has 1 aliphatic heterocycles. The third kappa shape index (κ3) is 3.93. The lowest BCUT2D eigenvalue weighted by molar-refractivity contribution is -0.141. The number of carbonyl (C=O) groups excluding carboxylic acids is 2. The number of esters is 1. The minimum absolute atomic E-state index is 0.0237. The van der Waals surface area contributed by atoms with Crippen LogP contribution in [0.5, 0.6) is 0 Å².